The molecule has 1 unspecified atom stereocenters. The predicted octanol–water partition coefficient (Wildman–Crippen LogP) is 3.16. The van der Waals surface area contributed by atoms with Gasteiger partial charge in [-0.2, -0.15) is 0 Å². The Labute approximate surface area is 159 Å². The third kappa shape index (κ3) is 8.09. The first kappa shape index (κ1) is 22.3. The highest BCUT2D eigenvalue weighted by Gasteiger charge is 2.11. The number of nitrogens with zero attached hydrogens (tertiary/aromatic N) is 2. The molecule has 0 aliphatic rings. The summed E-state index contributed by atoms with van der Waals surface area (Å²) in [5.74, 6) is 1.94. The lowest BCUT2D eigenvalue weighted by molar-refractivity contribution is 0.243. The summed E-state index contributed by atoms with van der Waals surface area (Å²) < 4.78 is 0. The van der Waals surface area contributed by atoms with E-state index in [4.69, 9.17) is 4.99 Å². The molecule has 26 heavy (non-hydrogen) atoms. The van der Waals surface area contributed by atoms with E-state index in [1.807, 2.05) is 0 Å². The Morgan fingerprint density at radius 2 is 1.96 bits per heavy atom. The van der Waals surface area contributed by atoms with Crippen molar-refractivity contribution in [2.75, 3.05) is 38.7 Å². The Morgan fingerprint density at radius 1 is 1.23 bits per heavy atom. The molecule has 0 bridgehead atoms. The van der Waals surface area contributed by atoms with Crippen LogP contribution in [0.15, 0.2) is 23.2 Å². The van der Waals surface area contributed by atoms with Gasteiger partial charge < -0.3 is 20.6 Å². The molecule has 1 aromatic rings. The van der Waals surface area contributed by atoms with Gasteiger partial charge in [-0.15, -0.1) is 0 Å². The molecule has 0 saturated heterocycles. The van der Waals surface area contributed by atoms with Crippen LogP contribution in [0.3, 0.4) is 0 Å². The fourth-order valence-electron chi connectivity index (χ4n) is 3.04. The van der Waals surface area contributed by atoms with Crippen LogP contribution in [0.5, 0.6) is 0 Å². The molecule has 0 spiro atoms. The summed E-state index contributed by atoms with van der Waals surface area (Å²) in [6, 6.07) is 6.49. The number of anilines is 1. The molecule has 5 heteroatoms. The van der Waals surface area contributed by atoms with Crippen LogP contribution in [0.4, 0.5) is 5.69 Å². The Kier molecular flexibility index (Phi) is 10.1. The lowest BCUT2D eigenvalue weighted by atomic mass is 9.94. The molecule has 0 radical (unpaired) electrons. The van der Waals surface area contributed by atoms with Crippen molar-refractivity contribution in [3.8, 4) is 0 Å². The van der Waals surface area contributed by atoms with E-state index in [1.54, 1.807) is 0 Å². The summed E-state index contributed by atoms with van der Waals surface area (Å²) >= 11 is 0. The molecular formula is C21H38N4O. The quantitative estimate of drug-likeness (QED) is 0.442. The minimum absolute atomic E-state index is 0.240. The van der Waals surface area contributed by atoms with Crippen molar-refractivity contribution in [2.24, 2.45) is 16.8 Å². The highest BCUT2D eigenvalue weighted by Crippen LogP contribution is 2.18. The molecule has 0 amide bonds. The number of nitrogens with one attached hydrogen (secondary N) is 2. The van der Waals surface area contributed by atoms with Crippen molar-refractivity contribution in [1.29, 1.82) is 0 Å². The molecule has 1 atom stereocenters. The molecule has 5 nitrogen and oxygen atoms in total. The zero-order valence-corrected chi connectivity index (χ0v) is 17.5. The number of rotatable bonds is 10. The summed E-state index contributed by atoms with van der Waals surface area (Å²) in [4.78, 5) is 6.86. The normalized spacial score (nSPS) is 13.0. The highest BCUT2D eigenvalue weighted by molar-refractivity contribution is 5.79. The van der Waals surface area contributed by atoms with Crippen molar-refractivity contribution in [1.82, 2.24) is 10.6 Å². The maximum Gasteiger partial charge on any atom is 0.191 e. The van der Waals surface area contributed by atoms with Gasteiger partial charge in [0.1, 0.15) is 0 Å². The minimum Gasteiger partial charge on any atom is -0.396 e. The van der Waals surface area contributed by atoms with Crippen LogP contribution in [-0.2, 0) is 6.54 Å². The SMILES string of the molecule is CCNC(=NCc1ccc(N(C)C)cc1C)NCC(CCO)CC(C)C. The molecule has 0 aliphatic carbocycles. The fraction of sp³-hybridized carbons (Fsp3) is 0.667. The number of benzene rings is 1. The number of aliphatic imine (C=N–C) groups is 1. The average Bonchev–Trinajstić information content (AvgIpc) is 2.57. The molecule has 0 fully saturated rings. The van der Waals surface area contributed by atoms with Gasteiger partial charge in [-0.25, -0.2) is 4.99 Å². The minimum atomic E-state index is 0.240. The molecule has 3 N–H and O–H groups in total. The first-order valence-corrected chi connectivity index (χ1v) is 9.77. The van der Waals surface area contributed by atoms with E-state index in [0.29, 0.717) is 18.4 Å². The second-order valence-corrected chi connectivity index (χ2v) is 7.59. The monoisotopic (exact) mass is 362 g/mol. The van der Waals surface area contributed by atoms with Crippen LogP contribution in [-0.4, -0.2) is 44.9 Å². The van der Waals surface area contributed by atoms with Crippen LogP contribution < -0.4 is 15.5 Å². The molecule has 0 heterocycles. The summed E-state index contributed by atoms with van der Waals surface area (Å²) in [6.45, 7) is 11.2. The second kappa shape index (κ2) is 11.8. The largest absolute Gasteiger partial charge is 0.396 e. The molecule has 1 aromatic carbocycles. The van der Waals surface area contributed by atoms with Gasteiger partial charge in [0.15, 0.2) is 5.96 Å². The number of hydrogen-bond acceptors (Lipinski definition) is 3. The molecule has 0 aromatic heterocycles. The van der Waals surface area contributed by atoms with Gasteiger partial charge in [0.2, 0.25) is 0 Å². The van der Waals surface area contributed by atoms with Gasteiger partial charge in [0, 0.05) is 39.5 Å². The first-order valence-electron chi connectivity index (χ1n) is 9.77. The Balaban J connectivity index is 2.73. The average molecular weight is 363 g/mol. The zero-order valence-electron chi connectivity index (χ0n) is 17.5. The number of hydrogen-bond donors (Lipinski definition) is 3. The summed E-state index contributed by atoms with van der Waals surface area (Å²) in [7, 11) is 4.11. The van der Waals surface area contributed by atoms with Crippen molar-refractivity contribution in [3.05, 3.63) is 29.3 Å². The third-order valence-electron chi connectivity index (χ3n) is 4.49. The summed E-state index contributed by atoms with van der Waals surface area (Å²) in [5, 5.41) is 16.1. The number of guanidine groups is 1. The summed E-state index contributed by atoms with van der Waals surface area (Å²) in [5.41, 5.74) is 3.71. The Morgan fingerprint density at radius 3 is 2.50 bits per heavy atom. The second-order valence-electron chi connectivity index (χ2n) is 7.59. The Hall–Kier alpha value is -1.75. The number of aliphatic hydroxyl groups is 1. The summed E-state index contributed by atoms with van der Waals surface area (Å²) in [6.07, 6.45) is 1.94. The van der Waals surface area contributed by atoms with Crippen LogP contribution in [0.2, 0.25) is 0 Å². The maximum atomic E-state index is 9.29. The number of aliphatic hydroxyl groups excluding tert-OH is 1. The lowest BCUT2D eigenvalue weighted by Crippen LogP contribution is -2.40. The molecule has 1 rings (SSSR count). The van der Waals surface area contributed by atoms with Crippen LogP contribution in [0, 0.1) is 18.8 Å². The van der Waals surface area contributed by atoms with Gasteiger partial charge >= 0.3 is 0 Å². The van der Waals surface area contributed by atoms with Gasteiger partial charge in [-0.1, -0.05) is 19.9 Å². The Bertz CT molecular complexity index is 555. The van der Waals surface area contributed by atoms with Crippen LogP contribution >= 0.6 is 0 Å². The van der Waals surface area contributed by atoms with Gasteiger partial charge in [-0.05, 0) is 61.8 Å². The third-order valence-corrected chi connectivity index (χ3v) is 4.49. The maximum absolute atomic E-state index is 9.29. The van der Waals surface area contributed by atoms with E-state index in [2.05, 4.69) is 75.5 Å². The van der Waals surface area contributed by atoms with E-state index in [-0.39, 0.29) is 6.61 Å². The standard InChI is InChI=1S/C21H38N4O/c1-7-22-21(23-14-18(10-11-26)12-16(2)3)24-15-19-8-9-20(25(5)6)13-17(19)4/h8-9,13,16,18,26H,7,10-12,14-15H2,1-6H3,(H2,22,23,24). The van der Waals surface area contributed by atoms with Gasteiger partial charge in [-0.3, -0.25) is 0 Å². The first-order chi connectivity index (χ1) is 12.4. The smallest absolute Gasteiger partial charge is 0.191 e. The van der Waals surface area contributed by atoms with Crippen molar-refractivity contribution >= 4 is 11.6 Å². The molecule has 0 aliphatic heterocycles. The van der Waals surface area contributed by atoms with Crippen LogP contribution in [0.25, 0.3) is 0 Å². The van der Waals surface area contributed by atoms with Crippen LogP contribution in [0.1, 0.15) is 44.7 Å². The van der Waals surface area contributed by atoms with Gasteiger partial charge in [0.25, 0.3) is 0 Å². The lowest BCUT2D eigenvalue weighted by Gasteiger charge is -2.20. The molecular weight excluding hydrogens is 324 g/mol. The van der Waals surface area contributed by atoms with Crippen molar-refractivity contribution in [3.63, 3.8) is 0 Å². The van der Waals surface area contributed by atoms with Crippen molar-refractivity contribution < 1.29 is 5.11 Å². The van der Waals surface area contributed by atoms with E-state index < -0.39 is 0 Å². The van der Waals surface area contributed by atoms with E-state index in [9.17, 15) is 5.11 Å². The highest BCUT2D eigenvalue weighted by atomic mass is 16.3. The van der Waals surface area contributed by atoms with Gasteiger partial charge in [0.05, 0.1) is 6.54 Å². The van der Waals surface area contributed by atoms with E-state index >= 15 is 0 Å². The zero-order chi connectivity index (χ0) is 19.5. The van der Waals surface area contributed by atoms with E-state index in [0.717, 1.165) is 31.9 Å². The number of aryl methyl sites for hydroxylation is 1. The van der Waals surface area contributed by atoms with Crippen molar-refractivity contribution in [2.45, 2.75) is 47.1 Å². The predicted molar refractivity (Wildman–Crippen MR) is 113 cm³/mol. The molecule has 148 valence electrons. The van der Waals surface area contributed by atoms with E-state index in [1.165, 1.54) is 16.8 Å². The fourth-order valence-corrected chi connectivity index (χ4v) is 3.04. The topological polar surface area (TPSA) is 59.9 Å². The molecule has 0 saturated carbocycles.